The first-order chi connectivity index (χ1) is 10.6. The van der Waals surface area contributed by atoms with E-state index in [9.17, 15) is 4.79 Å². The molecule has 3 nitrogen and oxygen atoms in total. The van der Waals surface area contributed by atoms with E-state index in [-0.39, 0.29) is 30.3 Å². The van der Waals surface area contributed by atoms with Crippen LogP contribution in [0, 0.1) is 5.92 Å². The zero-order chi connectivity index (χ0) is 15.7. The fourth-order valence-electron chi connectivity index (χ4n) is 2.98. The van der Waals surface area contributed by atoms with Crippen LogP contribution in [0.5, 0.6) is 0 Å². The van der Waals surface area contributed by atoms with Crippen LogP contribution in [-0.4, -0.2) is 16.8 Å². The highest BCUT2D eigenvalue weighted by molar-refractivity contribution is 5.85. The minimum Gasteiger partial charge on any atom is -0.334 e. The molecule has 0 spiro atoms. The molecule has 0 bridgehead atoms. The molecule has 23 heavy (non-hydrogen) atoms. The molecule has 2 atom stereocenters. The molecule has 1 heterocycles. The Morgan fingerprint density at radius 1 is 0.957 bits per heavy atom. The van der Waals surface area contributed by atoms with Gasteiger partial charge in [-0.3, -0.25) is 4.79 Å². The summed E-state index contributed by atoms with van der Waals surface area (Å²) in [4.78, 5) is 14.7. The van der Waals surface area contributed by atoms with Gasteiger partial charge in [-0.05, 0) is 29.2 Å². The van der Waals surface area contributed by atoms with E-state index in [1.807, 2.05) is 30.9 Å². The summed E-state index contributed by atoms with van der Waals surface area (Å²) in [6, 6.07) is 16.5. The number of fused-ring (bicyclic) bond motifs is 3. The van der Waals surface area contributed by atoms with E-state index in [2.05, 4.69) is 36.4 Å². The van der Waals surface area contributed by atoms with Crippen LogP contribution in [0.2, 0.25) is 0 Å². The van der Waals surface area contributed by atoms with Crippen molar-refractivity contribution in [2.24, 2.45) is 11.7 Å². The predicted octanol–water partition coefficient (Wildman–Crippen LogP) is 3.60. The lowest BCUT2D eigenvalue weighted by atomic mass is 9.97. The molecule has 1 aliphatic heterocycles. The Morgan fingerprint density at radius 2 is 1.39 bits per heavy atom. The molecule has 2 N–H and O–H groups in total. The minimum atomic E-state index is -0.169. The van der Waals surface area contributed by atoms with Gasteiger partial charge in [-0.25, -0.2) is 0 Å². The minimum absolute atomic E-state index is 0. The van der Waals surface area contributed by atoms with Crippen molar-refractivity contribution in [1.29, 1.82) is 0 Å². The van der Waals surface area contributed by atoms with E-state index in [0.29, 0.717) is 13.1 Å². The van der Waals surface area contributed by atoms with Crippen molar-refractivity contribution in [1.82, 2.24) is 4.90 Å². The molecule has 0 saturated heterocycles. The summed E-state index contributed by atoms with van der Waals surface area (Å²) < 4.78 is 0. The van der Waals surface area contributed by atoms with Gasteiger partial charge < -0.3 is 10.6 Å². The van der Waals surface area contributed by atoms with Crippen LogP contribution >= 0.6 is 12.4 Å². The monoisotopic (exact) mass is 330 g/mol. The zero-order valence-corrected chi connectivity index (χ0v) is 14.3. The van der Waals surface area contributed by atoms with Crippen molar-refractivity contribution in [2.75, 3.05) is 0 Å². The molecule has 2 unspecified atom stereocenters. The molecule has 0 radical (unpaired) electrons. The molecule has 1 aliphatic rings. The van der Waals surface area contributed by atoms with Gasteiger partial charge in [-0.1, -0.05) is 55.5 Å². The third-order valence-electron chi connectivity index (χ3n) is 4.54. The highest BCUT2D eigenvalue weighted by Crippen LogP contribution is 2.32. The van der Waals surface area contributed by atoms with E-state index >= 15 is 0 Å². The number of hydrogen-bond acceptors (Lipinski definition) is 2. The van der Waals surface area contributed by atoms with Crippen LogP contribution in [-0.2, 0) is 17.9 Å². The van der Waals surface area contributed by atoms with Gasteiger partial charge in [-0.2, -0.15) is 0 Å². The molecular formula is C19H23ClN2O. The quantitative estimate of drug-likeness (QED) is 0.914. The summed E-state index contributed by atoms with van der Waals surface area (Å²) in [5.41, 5.74) is 10.8. The van der Waals surface area contributed by atoms with Gasteiger partial charge in [0.15, 0.2) is 0 Å². The first kappa shape index (κ1) is 17.5. The Kier molecular flexibility index (Phi) is 5.45. The number of carbonyl (C=O) groups excluding carboxylic acids is 1. The van der Waals surface area contributed by atoms with Gasteiger partial charge in [0.1, 0.15) is 0 Å². The average Bonchev–Trinajstić information content (AvgIpc) is 2.70. The maximum atomic E-state index is 12.8. The lowest BCUT2D eigenvalue weighted by molar-refractivity contribution is -0.136. The van der Waals surface area contributed by atoms with Crippen LogP contribution < -0.4 is 5.73 Å². The summed E-state index contributed by atoms with van der Waals surface area (Å²) in [5.74, 6) is -0.0427. The van der Waals surface area contributed by atoms with Gasteiger partial charge in [0, 0.05) is 19.1 Å². The summed E-state index contributed by atoms with van der Waals surface area (Å²) in [7, 11) is 0. The Morgan fingerprint density at radius 3 is 1.83 bits per heavy atom. The molecule has 0 saturated carbocycles. The summed E-state index contributed by atoms with van der Waals surface area (Å²) in [6.07, 6.45) is 0. The number of hydrogen-bond donors (Lipinski definition) is 1. The van der Waals surface area contributed by atoms with Crippen molar-refractivity contribution >= 4 is 18.3 Å². The topological polar surface area (TPSA) is 46.3 Å². The van der Waals surface area contributed by atoms with E-state index < -0.39 is 0 Å². The van der Waals surface area contributed by atoms with Crippen molar-refractivity contribution in [3.05, 3.63) is 59.7 Å². The van der Waals surface area contributed by atoms with Crippen LogP contribution in [0.1, 0.15) is 25.0 Å². The number of rotatable bonds is 2. The molecule has 3 rings (SSSR count). The van der Waals surface area contributed by atoms with Crippen LogP contribution in [0.25, 0.3) is 11.1 Å². The third-order valence-corrected chi connectivity index (χ3v) is 4.54. The van der Waals surface area contributed by atoms with Gasteiger partial charge in [-0.15, -0.1) is 12.4 Å². The largest absolute Gasteiger partial charge is 0.334 e. The Bertz CT molecular complexity index is 652. The average molecular weight is 331 g/mol. The van der Waals surface area contributed by atoms with E-state index in [4.69, 9.17) is 5.73 Å². The first-order valence-corrected chi connectivity index (χ1v) is 7.78. The fourth-order valence-corrected chi connectivity index (χ4v) is 2.98. The van der Waals surface area contributed by atoms with Crippen molar-refractivity contribution < 1.29 is 4.79 Å². The lowest BCUT2D eigenvalue weighted by Gasteiger charge is -2.26. The molecule has 4 heteroatoms. The fraction of sp³-hybridized carbons (Fsp3) is 0.316. The van der Waals surface area contributed by atoms with Gasteiger partial charge in [0.2, 0.25) is 5.91 Å². The van der Waals surface area contributed by atoms with Crippen molar-refractivity contribution in [3.8, 4) is 11.1 Å². The molecule has 122 valence electrons. The molecule has 0 aliphatic carbocycles. The lowest BCUT2D eigenvalue weighted by Crippen LogP contribution is -2.40. The highest BCUT2D eigenvalue weighted by atomic mass is 35.5. The maximum Gasteiger partial charge on any atom is 0.227 e. The van der Waals surface area contributed by atoms with E-state index in [0.717, 1.165) is 0 Å². The second-order valence-electron chi connectivity index (χ2n) is 6.16. The smallest absolute Gasteiger partial charge is 0.227 e. The number of nitrogens with zero attached hydrogens (tertiary/aromatic N) is 1. The molecular weight excluding hydrogens is 308 g/mol. The Balaban J connectivity index is 0.00000192. The van der Waals surface area contributed by atoms with Gasteiger partial charge >= 0.3 is 0 Å². The number of amides is 1. The number of nitrogens with two attached hydrogens (primary N) is 1. The molecule has 0 aromatic heterocycles. The number of benzene rings is 2. The van der Waals surface area contributed by atoms with Crippen molar-refractivity contribution in [3.63, 3.8) is 0 Å². The molecule has 0 fully saturated rings. The third kappa shape index (κ3) is 3.41. The first-order valence-electron chi connectivity index (χ1n) is 7.78. The molecule has 2 aromatic rings. The second kappa shape index (κ2) is 7.16. The van der Waals surface area contributed by atoms with Crippen LogP contribution in [0.15, 0.2) is 48.5 Å². The standard InChI is InChI=1S/C19H22N2O.ClH/c1-13(14(2)20)19(22)21-11-15-7-3-5-9-17(15)18-10-6-4-8-16(18)12-21;/h3-10,13-14H,11-12,20H2,1-2H3;1H. The van der Waals surface area contributed by atoms with Gasteiger partial charge in [0.25, 0.3) is 0 Å². The van der Waals surface area contributed by atoms with Crippen molar-refractivity contribution in [2.45, 2.75) is 33.0 Å². The molecule has 1 amide bonds. The Hall–Kier alpha value is -1.84. The summed E-state index contributed by atoms with van der Waals surface area (Å²) in [6.45, 7) is 5.08. The summed E-state index contributed by atoms with van der Waals surface area (Å²) >= 11 is 0. The normalized spacial score (nSPS) is 15.5. The van der Waals surface area contributed by atoms with E-state index in [1.165, 1.54) is 22.3 Å². The maximum absolute atomic E-state index is 12.8. The van der Waals surface area contributed by atoms with E-state index in [1.54, 1.807) is 0 Å². The van der Waals surface area contributed by atoms with Crippen LogP contribution in [0.4, 0.5) is 0 Å². The number of carbonyl (C=O) groups is 1. The second-order valence-corrected chi connectivity index (χ2v) is 6.16. The van der Waals surface area contributed by atoms with Crippen LogP contribution in [0.3, 0.4) is 0 Å². The van der Waals surface area contributed by atoms with Gasteiger partial charge in [0.05, 0.1) is 5.92 Å². The SMILES string of the molecule is CC(N)C(C)C(=O)N1Cc2ccccc2-c2ccccc2C1.Cl. The predicted molar refractivity (Wildman–Crippen MR) is 96.2 cm³/mol. The Labute approximate surface area is 143 Å². The number of halogens is 1. The highest BCUT2D eigenvalue weighted by Gasteiger charge is 2.27. The zero-order valence-electron chi connectivity index (χ0n) is 13.5. The summed E-state index contributed by atoms with van der Waals surface area (Å²) in [5, 5.41) is 0. The molecule has 2 aromatic carbocycles.